The maximum Gasteiger partial charge on any atom is 0.356 e. The molecule has 1 atom stereocenters. The second-order valence-electron chi connectivity index (χ2n) is 5.70. The Kier molecular flexibility index (Phi) is 6.71. The summed E-state index contributed by atoms with van der Waals surface area (Å²) in [7, 11) is 0. The number of benzene rings is 1. The highest BCUT2D eigenvalue weighted by atomic mass is 16.5. The van der Waals surface area contributed by atoms with Gasteiger partial charge in [-0.15, -0.1) is 0 Å². The Morgan fingerprint density at radius 1 is 1.36 bits per heavy atom. The van der Waals surface area contributed by atoms with E-state index >= 15 is 0 Å². The molecule has 1 aromatic carbocycles. The van der Waals surface area contributed by atoms with Crippen LogP contribution in [0.15, 0.2) is 36.5 Å². The van der Waals surface area contributed by atoms with Gasteiger partial charge < -0.3 is 15.2 Å². The SMILES string of the molecule is CCCCOC(C)C(=O)NCc1cccc(-n2ccc(C(=O)O)n2)c1. The molecule has 0 aliphatic rings. The summed E-state index contributed by atoms with van der Waals surface area (Å²) in [5, 5.41) is 15.8. The van der Waals surface area contributed by atoms with Crippen molar-refractivity contribution >= 4 is 11.9 Å². The first kappa shape index (κ1) is 18.7. The number of rotatable bonds is 9. The van der Waals surface area contributed by atoms with E-state index in [0.29, 0.717) is 13.2 Å². The van der Waals surface area contributed by atoms with Crippen LogP contribution in [0, 0.1) is 0 Å². The van der Waals surface area contributed by atoms with E-state index < -0.39 is 12.1 Å². The molecule has 2 rings (SSSR count). The summed E-state index contributed by atoms with van der Waals surface area (Å²) in [6.45, 7) is 4.74. The molecule has 7 heteroatoms. The van der Waals surface area contributed by atoms with Crippen LogP contribution in [-0.2, 0) is 16.1 Å². The van der Waals surface area contributed by atoms with Crippen LogP contribution in [0.3, 0.4) is 0 Å². The van der Waals surface area contributed by atoms with Crippen molar-refractivity contribution in [1.29, 1.82) is 0 Å². The van der Waals surface area contributed by atoms with Crippen molar-refractivity contribution in [3.05, 3.63) is 47.8 Å². The molecule has 1 amide bonds. The lowest BCUT2D eigenvalue weighted by Crippen LogP contribution is -2.34. The molecule has 0 aliphatic heterocycles. The van der Waals surface area contributed by atoms with Crippen molar-refractivity contribution in [2.24, 2.45) is 0 Å². The zero-order valence-corrected chi connectivity index (χ0v) is 14.4. The van der Waals surface area contributed by atoms with E-state index in [4.69, 9.17) is 9.84 Å². The maximum atomic E-state index is 12.0. The minimum absolute atomic E-state index is 0.0169. The molecule has 2 aromatic rings. The first-order chi connectivity index (χ1) is 12.0. The number of hydrogen-bond acceptors (Lipinski definition) is 4. The molecule has 1 heterocycles. The molecular formula is C18H23N3O4. The van der Waals surface area contributed by atoms with Crippen molar-refractivity contribution in [3.8, 4) is 5.69 Å². The molecule has 0 saturated heterocycles. The van der Waals surface area contributed by atoms with E-state index in [0.717, 1.165) is 24.1 Å². The Labute approximate surface area is 146 Å². The van der Waals surface area contributed by atoms with Crippen LogP contribution in [0.5, 0.6) is 0 Å². The van der Waals surface area contributed by atoms with Gasteiger partial charge in [-0.3, -0.25) is 4.79 Å². The summed E-state index contributed by atoms with van der Waals surface area (Å²) < 4.78 is 6.96. The molecule has 134 valence electrons. The van der Waals surface area contributed by atoms with Crippen LogP contribution in [0.1, 0.15) is 42.7 Å². The molecule has 7 nitrogen and oxygen atoms in total. The zero-order valence-electron chi connectivity index (χ0n) is 14.4. The fourth-order valence-electron chi connectivity index (χ4n) is 2.20. The lowest BCUT2D eigenvalue weighted by atomic mass is 10.2. The summed E-state index contributed by atoms with van der Waals surface area (Å²) in [4.78, 5) is 22.9. The second kappa shape index (κ2) is 8.98. The molecule has 25 heavy (non-hydrogen) atoms. The number of carboxylic acids is 1. The van der Waals surface area contributed by atoms with Gasteiger partial charge >= 0.3 is 5.97 Å². The Morgan fingerprint density at radius 3 is 2.84 bits per heavy atom. The molecule has 0 fully saturated rings. The van der Waals surface area contributed by atoms with Gasteiger partial charge in [-0.05, 0) is 37.1 Å². The predicted molar refractivity (Wildman–Crippen MR) is 92.7 cm³/mol. The summed E-state index contributed by atoms with van der Waals surface area (Å²) >= 11 is 0. The van der Waals surface area contributed by atoms with Crippen LogP contribution in [-0.4, -0.2) is 39.5 Å². The van der Waals surface area contributed by atoms with E-state index in [1.165, 1.54) is 10.7 Å². The highest BCUT2D eigenvalue weighted by Crippen LogP contribution is 2.11. The lowest BCUT2D eigenvalue weighted by molar-refractivity contribution is -0.131. The van der Waals surface area contributed by atoms with E-state index in [9.17, 15) is 9.59 Å². The number of carbonyl (C=O) groups is 2. The molecule has 1 aromatic heterocycles. The number of carboxylic acid groups (broad SMARTS) is 1. The van der Waals surface area contributed by atoms with Gasteiger partial charge in [0.05, 0.1) is 5.69 Å². The van der Waals surface area contributed by atoms with E-state index in [1.807, 2.05) is 24.3 Å². The largest absolute Gasteiger partial charge is 0.476 e. The van der Waals surface area contributed by atoms with Crippen LogP contribution in [0.25, 0.3) is 5.69 Å². The van der Waals surface area contributed by atoms with Gasteiger partial charge in [0.2, 0.25) is 5.91 Å². The molecule has 0 bridgehead atoms. The van der Waals surface area contributed by atoms with Gasteiger partial charge in [0.1, 0.15) is 6.10 Å². The van der Waals surface area contributed by atoms with Crippen LogP contribution in [0.2, 0.25) is 0 Å². The topological polar surface area (TPSA) is 93.5 Å². The number of hydrogen-bond donors (Lipinski definition) is 2. The van der Waals surface area contributed by atoms with Crippen molar-refractivity contribution in [1.82, 2.24) is 15.1 Å². The molecular weight excluding hydrogens is 322 g/mol. The highest BCUT2D eigenvalue weighted by Gasteiger charge is 2.13. The van der Waals surface area contributed by atoms with Crippen molar-refractivity contribution in [2.45, 2.75) is 39.3 Å². The molecule has 2 N–H and O–H groups in total. The zero-order chi connectivity index (χ0) is 18.2. The lowest BCUT2D eigenvalue weighted by Gasteiger charge is -2.13. The quantitative estimate of drug-likeness (QED) is 0.681. The van der Waals surface area contributed by atoms with Gasteiger partial charge in [-0.1, -0.05) is 25.5 Å². The molecule has 0 radical (unpaired) electrons. The average molecular weight is 345 g/mol. The first-order valence-corrected chi connectivity index (χ1v) is 8.29. The fourth-order valence-corrected chi connectivity index (χ4v) is 2.20. The minimum Gasteiger partial charge on any atom is -0.476 e. The van der Waals surface area contributed by atoms with Crippen molar-refractivity contribution in [2.75, 3.05) is 6.61 Å². The van der Waals surface area contributed by atoms with Crippen molar-refractivity contribution < 1.29 is 19.4 Å². The third-order valence-corrected chi connectivity index (χ3v) is 3.69. The van der Waals surface area contributed by atoms with E-state index in [2.05, 4.69) is 17.3 Å². The molecule has 0 aliphatic carbocycles. The number of aromatic nitrogens is 2. The second-order valence-corrected chi connectivity index (χ2v) is 5.70. The Balaban J connectivity index is 1.94. The third kappa shape index (κ3) is 5.42. The van der Waals surface area contributed by atoms with Gasteiger partial charge in [0, 0.05) is 19.3 Å². The minimum atomic E-state index is -1.07. The van der Waals surface area contributed by atoms with Crippen LogP contribution >= 0.6 is 0 Å². The summed E-state index contributed by atoms with van der Waals surface area (Å²) in [5.41, 5.74) is 1.60. The molecule has 0 spiro atoms. The Bertz CT molecular complexity index is 727. The highest BCUT2D eigenvalue weighted by molar-refractivity contribution is 5.85. The normalized spacial score (nSPS) is 11.9. The Morgan fingerprint density at radius 2 is 2.16 bits per heavy atom. The summed E-state index contributed by atoms with van der Waals surface area (Å²) in [6.07, 6.45) is 3.06. The molecule has 1 unspecified atom stereocenters. The first-order valence-electron chi connectivity index (χ1n) is 8.29. The standard InChI is InChI=1S/C18H23N3O4/c1-3-4-10-25-13(2)17(22)19-12-14-6-5-7-15(11-14)21-9-8-16(20-21)18(23)24/h5-9,11,13H,3-4,10,12H2,1-2H3,(H,19,22)(H,23,24). The third-order valence-electron chi connectivity index (χ3n) is 3.69. The number of unbranched alkanes of at least 4 members (excludes halogenated alkanes) is 1. The van der Waals surface area contributed by atoms with Gasteiger partial charge in [0.25, 0.3) is 0 Å². The number of nitrogens with one attached hydrogen (secondary N) is 1. The van der Waals surface area contributed by atoms with Gasteiger partial charge in [-0.2, -0.15) is 5.10 Å². The number of ether oxygens (including phenoxy) is 1. The Hall–Kier alpha value is -2.67. The van der Waals surface area contributed by atoms with Gasteiger partial charge in [0.15, 0.2) is 5.69 Å². The maximum absolute atomic E-state index is 12.0. The smallest absolute Gasteiger partial charge is 0.356 e. The number of amides is 1. The fraction of sp³-hybridized carbons (Fsp3) is 0.389. The monoisotopic (exact) mass is 345 g/mol. The molecule has 0 saturated carbocycles. The summed E-state index contributed by atoms with van der Waals surface area (Å²) in [6, 6.07) is 8.82. The van der Waals surface area contributed by atoms with Crippen molar-refractivity contribution in [3.63, 3.8) is 0 Å². The van der Waals surface area contributed by atoms with Crippen LogP contribution < -0.4 is 5.32 Å². The predicted octanol–water partition coefficient (Wildman–Crippen LogP) is 2.39. The number of nitrogens with zero attached hydrogens (tertiary/aromatic N) is 2. The van der Waals surface area contributed by atoms with E-state index in [1.54, 1.807) is 13.1 Å². The van der Waals surface area contributed by atoms with Gasteiger partial charge in [-0.25, -0.2) is 9.48 Å². The number of carbonyl (C=O) groups excluding carboxylic acids is 1. The van der Waals surface area contributed by atoms with Crippen LogP contribution in [0.4, 0.5) is 0 Å². The average Bonchev–Trinajstić information content (AvgIpc) is 3.10. The summed E-state index contributed by atoms with van der Waals surface area (Å²) in [5.74, 6) is -1.23. The number of aromatic carboxylic acids is 1. The van der Waals surface area contributed by atoms with E-state index in [-0.39, 0.29) is 11.6 Å².